The predicted molar refractivity (Wildman–Crippen MR) is 83.5 cm³/mol. The molecule has 2 aliphatic rings. The maximum absolute atomic E-state index is 12.7. The third-order valence-corrected chi connectivity index (χ3v) is 5.15. The summed E-state index contributed by atoms with van der Waals surface area (Å²) in [5.74, 6) is 0.0638. The third-order valence-electron chi connectivity index (χ3n) is 3.88. The summed E-state index contributed by atoms with van der Waals surface area (Å²) in [5, 5.41) is 0. The van der Waals surface area contributed by atoms with Gasteiger partial charge in [-0.05, 0) is 63.3 Å². The monoisotopic (exact) mass is 400 g/mol. The van der Waals surface area contributed by atoms with Gasteiger partial charge in [0, 0.05) is 15.5 Å². The number of anilines is 1. The standard InChI is InChI=1S/C14H14Br2N2O2/c15-9-4-3-5-10(16)13(9)18-8-12(19)17-7-2-1-6-11(17)14(18)20/h3-5,11H,1-2,6-8H2. The molecular weight excluding hydrogens is 388 g/mol. The first kappa shape index (κ1) is 14.1. The molecule has 6 heteroatoms. The van der Waals surface area contributed by atoms with Crippen LogP contribution in [-0.4, -0.2) is 35.8 Å². The van der Waals surface area contributed by atoms with Gasteiger partial charge in [0.2, 0.25) is 11.8 Å². The first-order chi connectivity index (χ1) is 9.59. The van der Waals surface area contributed by atoms with Crippen LogP contribution < -0.4 is 4.90 Å². The first-order valence-corrected chi connectivity index (χ1v) is 8.23. The smallest absolute Gasteiger partial charge is 0.250 e. The number of hydrogen-bond acceptors (Lipinski definition) is 2. The molecule has 3 rings (SSSR count). The van der Waals surface area contributed by atoms with E-state index in [4.69, 9.17) is 0 Å². The number of fused-ring (bicyclic) bond motifs is 1. The number of rotatable bonds is 1. The molecule has 106 valence electrons. The highest BCUT2D eigenvalue weighted by Crippen LogP contribution is 2.36. The van der Waals surface area contributed by atoms with Crippen molar-refractivity contribution in [3.05, 3.63) is 27.1 Å². The topological polar surface area (TPSA) is 40.6 Å². The van der Waals surface area contributed by atoms with Crippen molar-refractivity contribution in [1.29, 1.82) is 0 Å². The van der Waals surface area contributed by atoms with Crippen molar-refractivity contribution in [1.82, 2.24) is 4.90 Å². The molecule has 1 aromatic rings. The van der Waals surface area contributed by atoms with Crippen LogP contribution in [0.5, 0.6) is 0 Å². The molecule has 20 heavy (non-hydrogen) atoms. The number of amides is 2. The summed E-state index contributed by atoms with van der Waals surface area (Å²) in [4.78, 5) is 28.3. The molecule has 2 saturated heterocycles. The van der Waals surface area contributed by atoms with Gasteiger partial charge >= 0.3 is 0 Å². The van der Waals surface area contributed by atoms with Crippen LogP contribution in [0.1, 0.15) is 19.3 Å². The van der Waals surface area contributed by atoms with Crippen molar-refractivity contribution < 1.29 is 9.59 Å². The van der Waals surface area contributed by atoms with Crippen LogP contribution in [0, 0.1) is 0 Å². The molecule has 1 atom stereocenters. The molecule has 0 aromatic heterocycles. The van der Waals surface area contributed by atoms with E-state index >= 15 is 0 Å². The summed E-state index contributed by atoms with van der Waals surface area (Å²) >= 11 is 6.94. The molecule has 0 spiro atoms. The molecule has 0 bridgehead atoms. The average molecular weight is 402 g/mol. The summed E-state index contributed by atoms with van der Waals surface area (Å²) in [6.45, 7) is 0.830. The largest absolute Gasteiger partial charge is 0.329 e. The Balaban J connectivity index is 1.98. The summed E-state index contributed by atoms with van der Waals surface area (Å²) < 4.78 is 1.63. The molecule has 1 aromatic carbocycles. The molecule has 0 radical (unpaired) electrons. The van der Waals surface area contributed by atoms with Gasteiger partial charge in [-0.1, -0.05) is 6.07 Å². The van der Waals surface area contributed by atoms with Crippen molar-refractivity contribution in [2.75, 3.05) is 18.0 Å². The lowest BCUT2D eigenvalue weighted by Crippen LogP contribution is -2.61. The highest BCUT2D eigenvalue weighted by atomic mass is 79.9. The van der Waals surface area contributed by atoms with Gasteiger partial charge in [0.15, 0.2) is 0 Å². The maximum atomic E-state index is 12.7. The summed E-state index contributed by atoms with van der Waals surface area (Å²) in [5.41, 5.74) is 0.746. The van der Waals surface area contributed by atoms with E-state index in [9.17, 15) is 9.59 Å². The number of piperidine rings is 1. The van der Waals surface area contributed by atoms with E-state index < -0.39 is 0 Å². The minimum Gasteiger partial charge on any atom is -0.329 e. The Morgan fingerprint density at radius 3 is 2.50 bits per heavy atom. The molecule has 2 heterocycles. The van der Waals surface area contributed by atoms with Crippen LogP contribution in [0.4, 0.5) is 5.69 Å². The van der Waals surface area contributed by atoms with E-state index in [1.54, 1.807) is 9.80 Å². The van der Waals surface area contributed by atoms with Gasteiger partial charge in [-0.25, -0.2) is 0 Å². The Hall–Kier alpha value is -0.880. The average Bonchev–Trinajstić information content (AvgIpc) is 2.44. The van der Waals surface area contributed by atoms with Crippen molar-refractivity contribution in [2.45, 2.75) is 25.3 Å². The van der Waals surface area contributed by atoms with Gasteiger partial charge < -0.3 is 4.90 Å². The number of benzene rings is 1. The van der Waals surface area contributed by atoms with Gasteiger partial charge in [0.05, 0.1) is 5.69 Å². The fourth-order valence-electron chi connectivity index (χ4n) is 2.91. The van der Waals surface area contributed by atoms with E-state index in [0.29, 0.717) is 6.54 Å². The van der Waals surface area contributed by atoms with E-state index in [0.717, 1.165) is 33.9 Å². The second-order valence-corrected chi connectivity index (χ2v) is 6.80. The van der Waals surface area contributed by atoms with Gasteiger partial charge in [0.25, 0.3) is 0 Å². The number of piperazine rings is 1. The summed E-state index contributed by atoms with van der Waals surface area (Å²) in [6.07, 6.45) is 2.77. The third kappa shape index (κ3) is 2.29. The van der Waals surface area contributed by atoms with E-state index in [1.165, 1.54) is 0 Å². The second kappa shape index (κ2) is 5.48. The lowest BCUT2D eigenvalue weighted by atomic mass is 9.98. The van der Waals surface area contributed by atoms with E-state index in [-0.39, 0.29) is 24.4 Å². The highest BCUT2D eigenvalue weighted by Gasteiger charge is 2.41. The number of nitrogens with zero attached hydrogens (tertiary/aromatic N) is 2. The zero-order chi connectivity index (χ0) is 14.3. The molecular formula is C14H14Br2N2O2. The number of hydrogen-bond donors (Lipinski definition) is 0. The van der Waals surface area contributed by atoms with Crippen LogP contribution in [0.15, 0.2) is 27.1 Å². The molecule has 2 fully saturated rings. The lowest BCUT2D eigenvalue weighted by Gasteiger charge is -2.43. The Kier molecular flexibility index (Phi) is 3.86. The molecule has 0 aliphatic carbocycles. The summed E-state index contributed by atoms with van der Waals surface area (Å²) in [6, 6.07) is 5.36. The second-order valence-electron chi connectivity index (χ2n) is 5.09. The molecule has 0 N–H and O–H groups in total. The number of halogens is 2. The molecule has 2 amide bonds. The molecule has 1 unspecified atom stereocenters. The van der Waals surface area contributed by atoms with Gasteiger partial charge in [-0.3, -0.25) is 14.5 Å². The fourth-order valence-corrected chi connectivity index (χ4v) is 4.33. The van der Waals surface area contributed by atoms with Crippen LogP contribution in [-0.2, 0) is 9.59 Å². The van der Waals surface area contributed by atoms with Crippen LogP contribution in [0.25, 0.3) is 0 Å². The predicted octanol–water partition coefficient (Wildman–Crippen LogP) is 2.94. The Morgan fingerprint density at radius 1 is 1.10 bits per heavy atom. The Morgan fingerprint density at radius 2 is 1.80 bits per heavy atom. The Labute approximate surface area is 134 Å². The van der Waals surface area contributed by atoms with Crippen LogP contribution in [0.3, 0.4) is 0 Å². The van der Waals surface area contributed by atoms with Crippen molar-refractivity contribution >= 4 is 49.4 Å². The lowest BCUT2D eigenvalue weighted by molar-refractivity contribution is -0.144. The Bertz CT molecular complexity index is 556. The van der Waals surface area contributed by atoms with Gasteiger partial charge in [0.1, 0.15) is 12.6 Å². The fraction of sp³-hybridized carbons (Fsp3) is 0.429. The minimum absolute atomic E-state index is 0.0249. The zero-order valence-electron chi connectivity index (χ0n) is 10.8. The summed E-state index contributed by atoms with van der Waals surface area (Å²) in [7, 11) is 0. The molecule has 2 aliphatic heterocycles. The minimum atomic E-state index is -0.288. The van der Waals surface area contributed by atoms with Crippen molar-refractivity contribution in [2.24, 2.45) is 0 Å². The molecule has 0 saturated carbocycles. The quantitative estimate of drug-likeness (QED) is 0.725. The highest BCUT2D eigenvalue weighted by molar-refractivity contribution is 9.11. The van der Waals surface area contributed by atoms with Gasteiger partial charge in [-0.15, -0.1) is 0 Å². The van der Waals surface area contributed by atoms with Crippen molar-refractivity contribution in [3.8, 4) is 0 Å². The number of carbonyl (C=O) groups is 2. The van der Waals surface area contributed by atoms with E-state index in [1.807, 2.05) is 18.2 Å². The normalized spacial score (nSPS) is 23.0. The van der Waals surface area contributed by atoms with Gasteiger partial charge in [-0.2, -0.15) is 0 Å². The maximum Gasteiger partial charge on any atom is 0.250 e. The number of para-hydroxylation sites is 1. The first-order valence-electron chi connectivity index (χ1n) is 6.64. The zero-order valence-corrected chi connectivity index (χ0v) is 14.0. The van der Waals surface area contributed by atoms with E-state index in [2.05, 4.69) is 31.9 Å². The molecule has 4 nitrogen and oxygen atoms in total. The SMILES string of the molecule is O=C1C2CCCCN2C(=O)CN1c1c(Br)cccc1Br. The number of carbonyl (C=O) groups excluding carboxylic acids is 2. The van der Waals surface area contributed by atoms with Crippen LogP contribution in [0.2, 0.25) is 0 Å². The van der Waals surface area contributed by atoms with Crippen molar-refractivity contribution in [3.63, 3.8) is 0 Å². The van der Waals surface area contributed by atoms with Crippen LogP contribution >= 0.6 is 31.9 Å².